The van der Waals surface area contributed by atoms with Crippen LogP contribution in [0.25, 0.3) is 0 Å². The van der Waals surface area contributed by atoms with Gasteiger partial charge in [-0.05, 0) is 29.3 Å². The second kappa shape index (κ2) is 7.92. The molecule has 0 saturated heterocycles. The molecule has 0 radical (unpaired) electrons. The van der Waals surface area contributed by atoms with Gasteiger partial charge in [0.2, 0.25) is 0 Å². The number of benzene rings is 2. The van der Waals surface area contributed by atoms with E-state index in [-0.39, 0.29) is 10.8 Å². The van der Waals surface area contributed by atoms with Gasteiger partial charge in [-0.1, -0.05) is 101 Å². The van der Waals surface area contributed by atoms with E-state index in [9.17, 15) is 0 Å². The average Bonchev–Trinajstić information content (AvgIpc) is 3.07. The summed E-state index contributed by atoms with van der Waals surface area (Å²) in [5.41, 5.74) is 6.89. The van der Waals surface area contributed by atoms with Gasteiger partial charge in [-0.3, -0.25) is 0 Å². The maximum Gasteiger partial charge on any atom is 0.0565 e. The first-order chi connectivity index (χ1) is 14.8. The maximum atomic E-state index is 2.38. The number of para-hydroxylation sites is 2. The SMILES string of the molecule is CN1/C(=C/C=C/C=C/C=C/C2N(C)c3ccccc3C2(C)C)C(C)(C)c2ccccc21. The summed E-state index contributed by atoms with van der Waals surface area (Å²) in [6, 6.07) is 17.8. The highest BCUT2D eigenvalue weighted by molar-refractivity contribution is 5.70. The van der Waals surface area contributed by atoms with Crippen LogP contribution >= 0.6 is 0 Å². The lowest BCUT2D eigenvalue weighted by molar-refractivity contribution is 0.488. The van der Waals surface area contributed by atoms with Crippen molar-refractivity contribution in [2.75, 3.05) is 23.9 Å². The molecule has 0 saturated carbocycles. The molecule has 0 bridgehead atoms. The van der Waals surface area contributed by atoms with Crippen LogP contribution in [0.5, 0.6) is 0 Å². The molecule has 0 spiro atoms. The van der Waals surface area contributed by atoms with Crippen LogP contribution in [-0.2, 0) is 10.8 Å². The summed E-state index contributed by atoms with van der Waals surface area (Å²) >= 11 is 0. The molecule has 2 aliphatic rings. The summed E-state index contributed by atoms with van der Waals surface area (Å²) in [5.74, 6) is 0. The first-order valence-electron chi connectivity index (χ1n) is 11.1. The summed E-state index contributed by atoms with van der Waals surface area (Å²) in [7, 11) is 4.35. The van der Waals surface area contributed by atoms with Gasteiger partial charge in [0.1, 0.15) is 0 Å². The molecule has 2 aliphatic heterocycles. The third kappa shape index (κ3) is 3.54. The van der Waals surface area contributed by atoms with Gasteiger partial charge in [-0.2, -0.15) is 0 Å². The second-order valence-electron chi connectivity index (χ2n) is 9.70. The highest BCUT2D eigenvalue weighted by Crippen LogP contribution is 2.46. The van der Waals surface area contributed by atoms with Gasteiger partial charge in [0.05, 0.1) is 6.04 Å². The Bertz CT molecular complexity index is 1080. The molecule has 0 fully saturated rings. The van der Waals surface area contributed by atoms with Gasteiger partial charge in [0.25, 0.3) is 0 Å². The molecule has 31 heavy (non-hydrogen) atoms. The number of fused-ring (bicyclic) bond motifs is 2. The molecule has 160 valence electrons. The van der Waals surface area contributed by atoms with Crippen molar-refractivity contribution in [3.05, 3.63) is 108 Å². The number of likely N-dealkylation sites (N-methyl/N-ethyl adjacent to an activating group) is 2. The van der Waals surface area contributed by atoms with Crippen molar-refractivity contribution < 1.29 is 0 Å². The van der Waals surface area contributed by atoms with Crippen molar-refractivity contribution in [1.82, 2.24) is 0 Å². The predicted molar refractivity (Wildman–Crippen MR) is 135 cm³/mol. The van der Waals surface area contributed by atoms with Gasteiger partial charge in [0, 0.05) is 42.0 Å². The van der Waals surface area contributed by atoms with Gasteiger partial charge >= 0.3 is 0 Å². The van der Waals surface area contributed by atoms with Crippen LogP contribution < -0.4 is 9.80 Å². The summed E-state index contributed by atoms with van der Waals surface area (Å²) < 4.78 is 0. The molecule has 1 atom stereocenters. The van der Waals surface area contributed by atoms with E-state index < -0.39 is 0 Å². The van der Waals surface area contributed by atoms with Crippen LogP contribution in [0, 0.1) is 0 Å². The Morgan fingerprint density at radius 1 is 0.710 bits per heavy atom. The van der Waals surface area contributed by atoms with Crippen molar-refractivity contribution in [3.63, 3.8) is 0 Å². The smallest absolute Gasteiger partial charge is 0.0565 e. The van der Waals surface area contributed by atoms with Crippen molar-refractivity contribution in [1.29, 1.82) is 0 Å². The third-order valence-electron chi connectivity index (χ3n) is 7.07. The zero-order valence-electron chi connectivity index (χ0n) is 19.6. The van der Waals surface area contributed by atoms with Crippen LogP contribution in [0.1, 0.15) is 38.8 Å². The fraction of sp³-hybridized carbons (Fsp3) is 0.310. The Hall–Kier alpha value is -3.00. The van der Waals surface area contributed by atoms with Crippen molar-refractivity contribution in [2.24, 2.45) is 0 Å². The number of rotatable bonds is 4. The highest BCUT2D eigenvalue weighted by Gasteiger charge is 2.41. The third-order valence-corrected chi connectivity index (χ3v) is 7.07. The molecular formula is C29H34N2. The van der Waals surface area contributed by atoms with Gasteiger partial charge in [-0.15, -0.1) is 0 Å². The van der Waals surface area contributed by atoms with E-state index in [1.165, 1.54) is 28.2 Å². The topological polar surface area (TPSA) is 6.48 Å². The number of hydrogen-bond donors (Lipinski definition) is 0. The molecule has 0 aliphatic carbocycles. The van der Waals surface area contributed by atoms with E-state index in [1.807, 2.05) is 0 Å². The Balaban J connectivity index is 1.43. The lowest BCUT2D eigenvalue weighted by atomic mass is 9.80. The van der Waals surface area contributed by atoms with Gasteiger partial charge < -0.3 is 9.80 Å². The van der Waals surface area contributed by atoms with Crippen LogP contribution in [0.2, 0.25) is 0 Å². The summed E-state index contributed by atoms with van der Waals surface area (Å²) in [5, 5.41) is 0. The van der Waals surface area contributed by atoms with E-state index in [4.69, 9.17) is 0 Å². The molecule has 1 unspecified atom stereocenters. The molecule has 2 heterocycles. The van der Waals surface area contributed by atoms with Crippen molar-refractivity contribution >= 4 is 11.4 Å². The molecule has 0 N–H and O–H groups in total. The summed E-state index contributed by atoms with van der Waals surface area (Å²) in [4.78, 5) is 4.69. The second-order valence-corrected chi connectivity index (χ2v) is 9.70. The zero-order chi connectivity index (χ0) is 22.2. The monoisotopic (exact) mass is 410 g/mol. The Morgan fingerprint density at radius 2 is 1.29 bits per heavy atom. The first kappa shape index (κ1) is 21.2. The minimum Gasteiger partial charge on any atom is -0.367 e. The van der Waals surface area contributed by atoms with E-state index in [0.717, 1.165) is 0 Å². The zero-order valence-corrected chi connectivity index (χ0v) is 19.6. The van der Waals surface area contributed by atoms with Crippen LogP contribution in [0.3, 0.4) is 0 Å². The van der Waals surface area contributed by atoms with Gasteiger partial charge in [-0.25, -0.2) is 0 Å². The minimum absolute atomic E-state index is 0.0208. The van der Waals surface area contributed by atoms with Gasteiger partial charge in [0.15, 0.2) is 0 Å². The number of allylic oxidation sites excluding steroid dienone is 7. The van der Waals surface area contributed by atoms with Crippen LogP contribution in [0.15, 0.2) is 96.8 Å². The fourth-order valence-corrected chi connectivity index (χ4v) is 5.30. The van der Waals surface area contributed by atoms with E-state index in [2.05, 4.69) is 143 Å². The van der Waals surface area contributed by atoms with Crippen LogP contribution in [-0.4, -0.2) is 20.1 Å². The molecule has 2 aromatic rings. The molecule has 2 nitrogen and oxygen atoms in total. The van der Waals surface area contributed by atoms with E-state index >= 15 is 0 Å². The maximum absolute atomic E-state index is 2.38. The molecule has 0 aromatic heterocycles. The Morgan fingerprint density at radius 3 is 1.97 bits per heavy atom. The van der Waals surface area contributed by atoms with Crippen molar-refractivity contribution in [2.45, 2.75) is 44.6 Å². The number of nitrogens with zero attached hydrogens (tertiary/aromatic N) is 2. The lowest BCUT2D eigenvalue weighted by Crippen LogP contribution is -2.37. The van der Waals surface area contributed by atoms with E-state index in [1.54, 1.807) is 0 Å². The van der Waals surface area contributed by atoms with E-state index in [0.29, 0.717) is 6.04 Å². The number of hydrogen-bond acceptors (Lipinski definition) is 2. The summed E-state index contributed by atoms with van der Waals surface area (Å²) in [6.07, 6.45) is 15.2. The van der Waals surface area contributed by atoms with Crippen molar-refractivity contribution in [3.8, 4) is 0 Å². The fourth-order valence-electron chi connectivity index (χ4n) is 5.30. The lowest BCUT2D eigenvalue weighted by Gasteiger charge is -2.29. The predicted octanol–water partition coefficient (Wildman–Crippen LogP) is 6.76. The normalized spacial score (nSPS) is 22.9. The first-order valence-corrected chi connectivity index (χ1v) is 11.1. The quantitative estimate of drug-likeness (QED) is 0.514. The number of anilines is 2. The standard InChI is InChI=1S/C29H34N2/c1-28(2)22-16-12-14-18-24(22)30(5)26(28)20-10-8-7-9-11-21-27-29(3,4)23-17-13-15-19-25(23)31(27)6/h7-21,26H,1-6H3/b8-7+,11-9+,20-10+,27-21+. The Labute approximate surface area is 187 Å². The molecule has 2 aromatic carbocycles. The highest BCUT2D eigenvalue weighted by atomic mass is 15.2. The minimum atomic E-state index is 0.0208. The summed E-state index contributed by atoms with van der Waals surface area (Å²) in [6.45, 7) is 9.26. The average molecular weight is 411 g/mol. The Kier molecular flexibility index (Phi) is 5.43. The molecule has 0 amide bonds. The largest absolute Gasteiger partial charge is 0.367 e. The molecular weight excluding hydrogens is 376 g/mol. The van der Waals surface area contributed by atoms with Crippen LogP contribution in [0.4, 0.5) is 11.4 Å². The molecule has 4 rings (SSSR count). The molecule has 2 heteroatoms.